The van der Waals surface area contributed by atoms with Gasteiger partial charge in [0.1, 0.15) is 0 Å². The normalized spacial score (nSPS) is 18.1. The number of rotatable bonds is 5. The summed E-state index contributed by atoms with van der Waals surface area (Å²) >= 11 is 1.46. The number of nitrogens with zero attached hydrogens (tertiary/aromatic N) is 4. The zero-order valence-corrected chi connectivity index (χ0v) is 15.3. The minimum Gasteiger partial charge on any atom is -0.481 e. The van der Waals surface area contributed by atoms with Crippen molar-refractivity contribution in [3.8, 4) is 5.88 Å². The van der Waals surface area contributed by atoms with Gasteiger partial charge in [-0.15, -0.1) is 11.3 Å². The van der Waals surface area contributed by atoms with Crippen molar-refractivity contribution in [3.63, 3.8) is 0 Å². The molecule has 8 heteroatoms. The van der Waals surface area contributed by atoms with Crippen LogP contribution in [0.15, 0.2) is 5.38 Å². The van der Waals surface area contributed by atoms with E-state index < -0.39 is 0 Å². The van der Waals surface area contributed by atoms with Crippen LogP contribution in [0.5, 0.6) is 5.88 Å². The van der Waals surface area contributed by atoms with Crippen LogP contribution in [0.2, 0.25) is 0 Å². The molecule has 1 saturated heterocycles. The summed E-state index contributed by atoms with van der Waals surface area (Å²) in [5.41, 5.74) is 3.18. The van der Waals surface area contributed by atoms with E-state index in [1.807, 2.05) is 19.4 Å². The molecule has 1 N–H and O–H groups in total. The molecule has 0 saturated carbocycles. The monoisotopic (exact) mass is 349 g/mol. The smallest absolute Gasteiger partial charge is 0.223 e. The van der Waals surface area contributed by atoms with Gasteiger partial charge < -0.3 is 10.1 Å². The van der Waals surface area contributed by atoms with Gasteiger partial charge in [0.2, 0.25) is 11.8 Å². The third-order valence-corrected chi connectivity index (χ3v) is 5.11. The van der Waals surface area contributed by atoms with E-state index in [4.69, 9.17) is 4.74 Å². The molecule has 1 atom stereocenters. The lowest BCUT2D eigenvalue weighted by molar-refractivity contribution is -0.114. The maximum Gasteiger partial charge on any atom is 0.223 e. The first-order valence-electron chi connectivity index (χ1n) is 8.03. The van der Waals surface area contributed by atoms with Crippen molar-refractivity contribution in [3.05, 3.63) is 22.3 Å². The van der Waals surface area contributed by atoms with Crippen LogP contribution in [0, 0.1) is 6.92 Å². The summed E-state index contributed by atoms with van der Waals surface area (Å²) in [6.07, 6.45) is 2.23. The largest absolute Gasteiger partial charge is 0.481 e. The van der Waals surface area contributed by atoms with Crippen LogP contribution in [-0.4, -0.2) is 39.2 Å². The second-order valence-electron chi connectivity index (χ2n) is 6.09. The third kappa shape index (κ3) is 3.29. The molecule has 1 fully saturated rings. The number of amides is 1. The quantitative estimate of drug-likeness (QED) is 0.898. The van der Waals surface area contributed by atoms with Crippen molar-refractivity contribution < 1.29 is 9.53 Å². The minimum absolute atomic E-state index is 0.0920. The number of nitrogens with one attached hydrogen (secondary N) is 1. The summed E-state index contributed by atoms with van der Waals surface area (Å²) in [7, 11) is 3.61. The van der Waals surface area contributed by atoms with Crippen molar-refractivity contribution in [1.29, 1.82) is 0 Å². The number of aromatic nitrogens is 3. The Balaban J connectivity index is 1.79. The maximum absolute atomic E-state index is 11.1. The van der Waals surface area contributed by atoms with Crippen molar-refractivity contribution in [2.75, 3.05) is 19.0 Å². The highest BCUT2D eigenvalue weighted by Crippen LogP contribution is 2.39. The van der Waals surface area contributed by atoms with E-state index in [0.717, 1.165) is 43.2 Å². The Morgan fingerprint density at radius 1 is 1.54 bits per heavy atom. The molecular formula is C16H23N5O2S. The SMILES string of the molecule is COc1c(C2CCCN2Cc2csc(NC(C)=O)n2)c(C)nn1C. The molecule has 0 spiro atoms. The first-order valence-corrected chi connectivity index (χ1v) is 8.91. The Hall–Kier alpha value is -1.93. The van der Waals surface area contributed by atoms with E-state index >= 15 is 0 Å². The Bertz CT molecular complexity index is 739. The molecule has 0 bridgehead atoms. The van der Waals surface area contributed by atoms with Gasteiger partial charge in [-0.05, 0) is 26.3 Å². The van der Waals surface area contributed by atoms with Gasteiger partial charge in [0.15, 0.2) is 5.13 Å². The Morgan fingerprint density at radius 3 is 3.04 bits per heavy atom. The molecule has 2 aromatic rings. The zero-order valence-electron chi connectivity index (χ0n) is 14.5. The number of likely N-dealkylation sites (tertiary alicyclic amines) is 1. The number of methoxy groups -OCH3 is 1. The van der Waals surface area contributed by atoms with Crippen LogP contribution >= 0.6 is 11.3 Å². The van der Waals surface area contributed by atoms with E-state index in [1.54, 1.807) is 11.8 Å². The summed E-state index contributed by atoms with van der Waals surface area (Å²) in [4.78, 5) is 18.1. The van der Waals surface area contributed by atoms with Crippen molar-refractivity contribution in [1.82, 2.24) is 19.7 Å². The molecule has 0 radical (unpaired) electrons. The van der Waals surface area contributed by atoms with Gasteiger partial charge in [-0.1, -0.05) is 0 Å². The number of hydrogen-bond acceptors (Lipinski definition) is 6. The average molecular weight is 349 g/mol. The van der Waals surface area contributed by atoms with Crippen LogP contribution in [0.1, 0.15) is 42.8 Å². The highest BCUT2D eigenvalue weighted by atomic mass is 32.1. The molecule has 0 aliphatic carbocycles. The molecule has 1 aliphatic heterocycles. The predicted octanol–water partition coefficient (Wildman–Crippen LogP) is 2.49. The second-order valence-corrected chi connectivity index (χ2v) is 6.94. The first kappa shape index (κ1) is 16.9. The summed E-state index contributed by atoms with van der Waals surface area (Å²) in [5, 5.41) is 9.91. The molecule has 7 nitrogen and oxygen atoms in total. The lowest BCUT2D eigenvalue weighted by Gasteiger charge is -2.24. The predicted molar refractivity (Wildman–Crippen MR) is 93.3 cm³/mol. The van der Waals surface area contributed by atoms with E-state index in [2.05, 4.69) is 20.3 Å². The summed E-state index contributed by atoms with van der Waals surface area (Å²) in [6, 6.07) is 0.291. The molecule has 2 aromatic heterocycles. The molecule has 0 aromatic carbocycles. The lowest BCUT2D eigenvalue weighted by atomic mass is 10.0. The molecular weight excluding hydrogens is 326 g/mol. The Labute approximate surface area is 145 Å². The Morgan fingerprint density at radius 2 is 2.33 bits per heavy atom. The zero-order chi connectivity index (χ0) is 17.3. The molecule has 1 unspecified atom stereocenters. The lowest BCUT2D eigenvalue weighted by Crippen LogP contribution is -2.23. The van der Waals surface area contributed by atoms with Crippen LogP contribution < -0.4 is 10.1 Å². The van der Waals surface area contributed by atoms with Crippen LogP contribution in [0.4, 0.5) is 5.13 Å². The first-order chi connectivity index (χ1) is 11.5. The molecule has 3 heterocycles. The number of anilines is 1. The van der Waals surface area contributed by atoms with Crippen molar-refractivity contribution >= 4 is 22.4 Å². The van der Waals surface area contributed by atoms with E-state index in [0.29, 0.717) is 11.2 Å². The highest BCUT2D eigenvalue weighted by molar-refractivity contribution is 7.13. The number of hydrogen-bond donors (Lipinski definition) is 1. The molecule has 1 aliphatic rings. The van der Waals surface area contributed by atoms with Gasteiger partial charge in [0, 0.05) is 31.9 Å². The van der Waals surface area contributed by atoms with Gasteiger partial charge in [-0.2, -0.15) is 5.10 Å². The molecule has 1 amide bonds. The maximum atomic E-state index is 11.1. The van der Waals surface area contributed by atoms with Crippen LogP contribution in [-0.2, 0) is 18.4 Å². The number of carbonyl (C=O) groups excluding carboxylic acids is 1. The number of carbonyl (C=O) groups is 1. The summed E-state index contributed by atoms with van der Waals surface area (Å²) in [6.45, 7) is 5.31. The minimum atomic E-state index is -0.0920. The van der Waals surface area contributed by atoms with Crippen molar-refractivity contribution in [2.45, 2.75) is 39.3 Å². The standard InChI is InChI=1S/C16H23N5O2S/c1-10-14(15(23-4)20(3)19-10)13-6-5-7-21(13)8-12-9-24-16(18-12)17-11(2)22/h9,13H,5-8H2,1-4H3,(H,17,18,22). The molecule has 24 heavy (non-hydrogen) atoms. The summed E-state index contributed by atoms with van der Waals surface area (Å²) < 4.78 is 7.37. The average Bonchev–Trinajstić information content (AvgIpc) is 3.19. The molecule has 3 rings (SSSR count). The third-order valence-electron chi connectivity index (χ3n) is 4.30. The van der Waals surface area contributed by atoms with E-state index in [1.165, 1.54) is 23.8 Å². The Kier molecular flexibility index (Phi) is 4.86. The van der Waals surface area contributed by atoms with Gasteiger partial charge in [0.05, 0.1) is 24.1 Å². The van der Waals surface area contributed by atoms with E-state index in [-0.39, 0.29) is 5.91 Å². The van der Waals surface area contributed by atoms with Crippen molar-refractivity contribution in [2.24, 2.45) is 7.05 Å². The van der Waals surface area contributed by atoms with Gasteiger partial charge >= 0.3 is 0 Å². The van der Waals surface area contributed by atoms with Gasteiger partial charge in [0.25, 0.3) is 0 Å². The second kappa shape index (κ2) is 6.90. The fourth-order valence-electron chi connectivity index (χ4n) is 3.42. The van der Waals surface area contributed by atoms with E-state index in [9.17, 15) is 4.79 Å². The fourth-order valence-corrected chi connectivity index (χ4v) is 4.16. The van der Waals surface area contributed by atoms with Gasteiger partial charge in [-0.25, -0.2) is 9.67 Å². The topological polar surface area (TPSA) is 72.3 Å². The summed E-state index contributed by atoms with van der Waals surface area (Å²) in [5.74, 6) is 0.743. The number of ether oxygens (including phenoxy) is 1. The highest BCUT2D eigenvalue weighted by Gasteiger charge is 2.32. The number of aryl methyl sites for hydroxylation is 2. The molecule has 130 valence electrons. The number of thiazole rings is 1. The van der Waals surface area contributed by atoms with Gasteiger partial charge in [-0.3, -0.25) is 9.69 Å². The van der Waals surface area contributed by atoms with Crippen LogP contribution in [0.25, 0.3) is 0 Å². The van der Waals surface area contributed by atoms with Crippen LogP contribution in [0.3, 0.4) is 0 Å². The fraction of sp³-hybridized carbons (Fsp3) is 0.562.